The lowest BCUT2D eigenvalue weighted by Crippen LogP contribution is -2.24. The van der Waals surface area contributed by atoms with E-state index in [1.807, 2.05) is 0 Å². The minimum atomic E-state index is -0.680. The Bertz CT molecular complexity index is 1380. The first-order valence-corrected chi connectivity index (χ1v) is 12.2. The van der Waals surface area contributed by atoms with Crippen LogP contribution in [0.5, 0.6) is 17.2 Å². The van der Waals surface area contributed by atoms with Crippen LogP contribution in [0.15, 0.2) is 54.6 Å². The van der Waals surface area contributed by atoms with Gasteiger partial charge in [0.25, 0.3) is 11.8 Å². The van der Waals surface area contributed by atoms with Gasteiger partial charge >= 0.3 is 5.97 Å². The summed E-state index contributed by atoms with van der Waals surface area (Å²) < 4.78 is 16.5. The van der Waals surface area contributed by atoms with E-state index >= 15 is 0 Å². The lowest BCUT2D eigenvalue weighted by molar-refractivity contribution is 0.00687. The molecule has 2 amide bonds. The Morgan fingerprint density at radius 1 is 0.872 bits per heavy atom. The molecule has 5 N–H and O–H groups in total. The second-order valence-electron chi connectivity index (χ2n) is 9.95. The maximum atomic E-state index is 13.2. The van der Waals surface area contributed by atoms with Crippen molar-refractivity contribution in [3.8, 4) is 17.2 Å². The molecule has 0 aliphatic rings. The Morgan fingerprint density at radius 2 is 1.46 bits per heavy atom. The molecular formula is C29H33N3O7. The molecule has 0 saturated carbocycles. The van der Waals surface area contributed by atoms with Crippen molar-refractivity contribution in [3.63, 3.8) is 0 Å². The highest BCUT2D eigenvalue weighted by Gasteiger charge is 2.23. The van der Waals surface area contributed by atoms with Gasteiger partial charge in [0.2, 0.25) is 0 Å². The third-order valence-electron chi connectivity index (χ3n) is 5.23. The van der Waals surface area contributed by atoms with Crippen LogP contribution in [0, 0.1) is 0 Å². The number of nitrogen functional groups attached to an aromatic ring is 1. The number of ether oxygens (including phenoxy) is 3. The Morgan fingerprint density at radius 3 is 2.05 bits per heavy atom. The van der Waals surface area contributed by atoms with Crippen molar-refractivity contribution in [1.29, 1.82) is 0 Å². The molecule has 0 radical (unpaired) electrons. The van der Waals surface area contributed by atoms with Crippen molar-refractivity contribution in [2.75, 3.05) is 23.5 Å². The largest absolute Gasteiger partial charge is 0.504 e. The van der Waals surface area contributed by atoms with Gasteiger partial charge < -0.3 is 35.7 Å². The summed E-state index contributed by atoms with van der Waals surface area (Å²) in [7, 11) is 1.31. The number of hydrogen-bond donors (Lipinski definition) is 4. The fraction of sp³-hybridized carbons (Fsp3) is 0.276. The highest BCUT2D eigenvalue weighted by atomic mass is 16.6. The minimum absolute atomic E-state index is 0.0922. The number of aromatic hydroxyl groups is 1. The van der Waals surface area contributed by atoms with Gasteiger partial charge in [0.1, 0.15) is 11.4 Å². The topological polar surface area (TPSA) is 149 Å². The Kier molecular flexibility index (Phi) is 8.70. The molecule has 0 aliphatic heterocycles. The molecule has 0 spiro atoms. The Hall–Kier alpha value is -4.73. The van der Waals surface area contributed by atoms with Crippen LogP contribution in [-0.4, -0.2) is 41.7 Å². The third-order valence-corrected chi connectivity index (χ3v) is 5.23. The van der Waals surface area contributed by atoms with Crippen molar-refractivity contribution in [2.24, 2.45) is 0 Å². The zero-order chi connectivity index (χ0) is 28.9. The number of phenols is 1. The number of methoxy groups -OCH3 is 1. The molecule has 0 bridgehead atoms. The summed E-state index contributed by atoms with van der Waals surface area (Å²) in [6.07, 6.45) is -0.257. The first kappa shape index (κ1) is 28.8. The zero-order valence-corrected chi connectivity index (χ0v) is 22.7. The van der Waals surface area contributed by atoms with Crippen LogP contribution in [0.2, 0.25) is 0 Å². The quantitative estimate of drug-likeness (QED) is 0.226. The van der Waals surface area contributed by atoms with Crippen LogP contribution < -0.4 is 25.8 Å². The smallest absolute Gasteiger partial charge is 0.338 e. The molecule has 0 saturated heterocycles. The third kappa shape index (κ3) is 7.41. The lowest BCUT2D eigenvalue weighted by Gasteiger charge is -2.21. The molecule has 0 aliphatic carbocycles. The molecule has 3 aromatic rings. The lowest BCUT2D eigenvalue weighted by atomic mass is 10.1. The summed E-state index contributed by atoms with van der Waals surface area (Å²) in [5, 5.41) is 16.2. The van der Waals surface area contributed by atoms with E-state index in [4.69, 9.17) is 19.9 Å². The average Bonchev–Trinajstić information content (AvgIpc) is 2.84. The normalized spacial score (nSPS) is 11.1. The number of amides is 2. The number of carbonyl (C=O) groups is 3. The van der Waals surface area contributed by atoms with E-state index in [0.717, 1.165) is 0 Å². The maximum Gasteiger partial charge on any atom is 0.338 e. The van der Waals surface area contributed by atoms with E-state index < -0.39 is 29.1 Å². The van der Waals surface area contributed by atoms with Gasteiger partial charge in [0.15, 0.2) is 11.5 Å². The molecule has 10 nitrogen and oxygen atoms in total. The van der Waals surface area contributed by atoms with Gasteiger partial charge in [-0.3, -0.25) is 9.59 Å². The number of hydrogen-bond acceptors (Lipinski definition) is 8. The van der Waals surface area contributed by atoms with Crippen LogP contribution in [0.3, 0.4) is 0 Å². The minimum Gasteiger partial charge on any atom is -0.504 e. The molecule has 0 atom stereocenters. The Balaban J connectivity index is 1.87. The highest BCUT2D eigenvalue weighted by Crippen LogP contribution is 2.38. The van der Waals surface area contributed by atoms with Crippen molar-refractivity contribution >= 4 is 34.8 Å². The van der Waals surface area contributed by atoms with Crippen molar-refractivity contribution in [2.45, 2.75) is 46.3 Å². The standard InChI is InChI=1S/C29H33N3O7/c1-16(2)38-23-15-18(28(36)39-29(3,4)5)9-13-21(23)31-27(35)20-12-14-22(25(37-6)24(20)33)32-26(34)17-7-10-19(30)11-8-17/h7-16,33H,30H2,1-6H3,(H,31,35)(H,32,34). The van der Waals surface area contributed by atoms with Crippen molar-refractivity contribution in [3.05, 3.63) is 71.3 Å². The summed E-state index contributed by atoms with van der Waals surface area (Å²) in [5.41, 5.74) is 6.44. The molecule has 39 heavy (non-hydrogen) atoms. The predicted octanol–water partition coefficient (Wildman–Crippen LogP) is 5.23. The van der Waals surface area contributed by atoms with E-state index in [1.54, 1.807) is 58.9 Å². The number of rotatable bonds is 8. The van der Waals surface area contributed by atoms with Crippen LogP contribution in [0.25, 0.3) is 0 Å². The van der Waals surface area contributed by atoms with Gasteiger partial charge in [-0.1, -0.05) is 0 Å². The molecule has 0 unspecified atom stereocenters. The average molecular weight is 536 g/mol. The van der Waals surface area contributed by atoms with Gasteiger partial charge in [0, 0.05) is 11.3 Å². The SMILES string of the molecule is COc1c(NC(=O)c2ccc(N)cc2)ccc(C(=O)Nc2ccc(C(=O)OC(C)(C)C)cc2OC(C)C)c1O. The first-order chi connectivity index (χ1) is 18.3. The van der Waals surface area contributed by atoms with Crippen LogP contribution in [0.1, 0.15) is 65.7 Å². The summed E-state index contributed by atoms with van der Waals surface area (Å²) in [5.74, 6) is -1.97. The van der Waals surface area contributed by atoms with E-state index in [1.165, 1.54) is 37.4 Å². The van der Waals surface area contributed by atoms with Gasteiger partial charge in [-0.2, -0.15) is 0 Å². The van der Waals surface area contributed by atoms with Crippen molar-refractivity contribution < 1.29 is 33.7 Å². The van der Waals surface area contributed by atoms with E-state index in [9.17, 15) is 19.5 Å². The van der Waals surface area contributed by atoms with Gasteiger partial charge in [-0.15, -0.1) is 0 Å². The number of esters is 1. The van der Waals surface area contributed by atoms with E-state index in [-0.39, 0.29) is 40.1 Å². The van der Waals surface area contributed by atoms with E-state index in [0.29, 0.717) is 11.3 Å². The number of nitrogens with one attached hydrogen (secondary N) is 2. The molecule has 0 aromatic heterocycles. The second-order valence-corrected chi connectivity index (χ2v) is 9.95. The summed E-state index contributed by atoms with van der Waals surface area (Å²) in [4.78, 5) is 38.3. The summed E-state index contributed by atoms with van der Waals surface area (Å²) in [6, 6.07) is 13.6. The summed E-state index contributed by atoms with van der Waals surface area (Å²) >= 11 is 0. The first-order valence-electron chi connectivity index (χ1n) is 12.2. The van der Waals surface area contributed by atoms with E-state index in [2.05, 4.69) is 10.6 Å². The molecule has 10 heteroatoms. The maximum absolute atomic E-state index is 13.2. The number of carbonyl (C=O) groups excluding carboxylic acids is 3. The van der Waals surface area contributed by atoms with Crippen LogP contribution in [-0.2, 0) is 4.74 Å². The van der Waals surface area contributed by atoms with Crippen LogP contribution >= 0.6 is 0 Å². The Labute approximate surface area is 227 Å². The molecular weight excluding hydrogens is 502 g/mol. The molecule has 3 aromatic carbocycles. The highest BCUT2D eigenvalue weighted by molar-refractivity contribution is 6.10. The molecule has 206 valence electrons. The van der Waals surface area contributed by atoms with Gasteiger partial charge in [-0.25, -0.2) is 4.79 Å². The monoisotopic (exact) mass is 535 g/mol. The number of benzene rings is 3. The van der Waals surface area contributed by atoms with Gasteiger partial charge in [0.05, 0.1) is 35.7 Å². The van der Waals surface area contributed by atoms with Crippen LogP contribution in [0.4, 0.5) is 17.1 Å². The molecule has 0 fully saturated rings. The second kappa shape index (κ2) is 11.8. The molecule has 3 rings (SSSR count). The fourth-order valence-corrected chi connectivity index (χ4v) is 3.52. The van der Waals surface area contributed by atoms with Crippen molar-refractivity contribution in [1.82, 2.24) is 0 Å². The summed E-state index contributed by atoms with van der Waals surface area (Å²) in [6.45, 7) is 8.90. The number of anilines is 3. The zero-order valence-electron chi connectivity index (χ0n) is 22.7. The fourth-order valence-electron chi connectivity index (χ4n) is 3.52. The molecule has 0 heterocycles. The number of nitrogens with two attached hydrogens (primary N) is 1. The number of phenolic OH excluding ortho intramolecular Hbond substituents is 1. The van der Waals surface area contributed by atoms with Gasteiger partial charge in [-0.05, 0) is 89.2 Å². The predicted molar refractivity (Wildman–Crippen MR) is 149 cm³/mol.